The lowest BCUT2D eigenvalue weighted by molar-refractivity contribution is 0.720. The second kappa shape index (κ2) is 4.71. The number of hydrogen-bond acceptors (Lipinski definition) is 4. The van der Waals surface area contributed by atoms with Crippen LogP contribution in [0.4, 0.5) is 0 Å². The Morgan fingerprint density at radius 2 is 2.15 bits per heavy atom. The molecule has 0 radical (unpaired) electrons. The van der Waals surface area contributed by atoms with Crippen molar-refractivity contribution in [3.8, 4) is 11.5 Å². The second-order valence-corrected chi connectivity index (χ2v) is 4.98. The van der Waals surface area contributed by atoms with Gasteiger partial charge in [-0.2, -0.15) is 0 Å². The first-order chi connectivity index (χ1) is 9.61. The first-order valence-corrected chi connectivity index (χ1v) is 6.75. The lowest BCUT2D eigenvalue weighted by atomic mass is 10.3. The standard InChI is InChI=1S/C12H10BrN5O2/c1-2-18-10-8(11(19)17-12(18)20)15-9(16-10)7-6(13)4-3-5-14-7/h3-5H,2H2,1H3,(H,15,16)(H,17,19,20). The molecule has 0 bridgehead atoms. The van der Waals surface area contributed by atoms with Gasteiger partial charge in [-0.05, 0) is 35.0 Å². The van der Waals surface area contributed by atoms with Crippen LogP contribution in [-0.2, 0) is 6.54 Å². The number of imidazole rings is 1. The number of aromatic amines is 2. The predicted molar refractivity (Wildman–Crippen MR) is 77.6 cm³/mol. The van der Waals surface area contributed by atoms with Crippen molar-refractivity contribution in [2.24, 2.45) is 0 Å². The highest BCUT2D eigenvalue weighted by Crippen LogP contribution is 2.24. The Labute approximate surface area is 120 Å². The molecule has 102 valence electrons. The number of aryl methyl sites for hydroxylation is 1. The number of aromatic nitrogens is 5. The van der Waals surface area contributed by atoms with Gasteiger partial charge < -0.3 is 4.98 Å². The summed E-state index contributed by atoms with van der Waals surface area (Å²) in [6.45, 7) is 2.23. The lowest BCUT2D eigenvalue weighted by Crippen LogP contribution is -2.29. The molecule has 0 fully saturated rings. The van der Waals surface area contributed by atoms with E-state index in [1.807, 2.05) is 13.0 Å². The molecule has 0 saturated carbocycles. The molecular formula is C12H10BrN5O2. The van der Waals surface area contributed by atoms with E-state index in [1.54, 1.807) is 12.3 Å². The van der Waals surface area contributed by atoms with Gasteiger partial charge in [-0.25, -0.2) is 9.78 Å². The van der Waals surface area contributed by atoms with Gasteiger partial charge >= 0.3 is 5.69 Å². The molecule has 0 aromatic carbocycles. The second-order valence-electron chi connectivity index (χ2n) is 4.12. The molecule has 0 spiro atoms. The van der Waals surface area contributed by atoms with E-state index >= 15 is 0 Å². The zero-order valence-electron chi connectivity index (χ0n) is 10.5. The third kappa shape index (κ3) is 1.88. The number of halogens is 1. The minimum Gasteiger partial charge on any atom is -0.331 e. The van der Waals surface area contributed by atoms with Crippen LogP contribution in [0.3, 0.4) is 0 Å². The van der Waals surface area contributed by atoms with Crippen molar-refractivity contribution in [2.75, 3.05) is 0 Å². The molecule has 0 aliphatic heterocycles. The molecular weight excluding hydrogens is 326 g/mol. The van der Waals surface area contributed by atoms with Crippen LogP contribution in [-0.4, -0.2) is 24.5 Å². The summed E-state index contributed by atoms with van der Waals surface area (Å²) in [6, 6.07) is 3.61. The third-order valence-corrected chi connectivity index (χ3v) is 3.57. The molecule has 0 aliphatic carbocycles. The van der Waals surface area contributed by atoms with Crippen LogP contribution < -0.4 is 11.2 Å². The zero-order valence-corrected chi connectivity index (χ0v) is 12.1. The molecule has 3 aromatic rings. The van der Waals surface area contributed by atoms with Crippen molar-refractivity contribution in [3.63, 3.8) is 0 Å². The molecule has 0 unspecified atom stereocenters. The number of nitrogens with one attached hydrogen (secondary N) is 2. The van der Waals surface area contributed by atoms with Gasteiger partial charge in [0.2, 0.25) is 0 Å². The zero-order chi connectivity index (χ0) is 14.3. The summed E-state index contributed by atoms with van der Waals surface area (Å²) >= 11 is 3.38. The van der Waals surface area contributed by atoms with Gasteiger partial charge in [0.25, 0.3) is 5.56 Å². The van der Waals surface area contributed by atoms with Crippen molar-refractivity contribution < 1.29 is 0 Å². The SMILES string of the molecule is CCn1c(=O)[nH]c(=O)c2[nH]c(-c3ncccc3Br)nc21. The Balaban J connectivity index is 2.37. The fourth-order valence-electron chi connectivity index (χ4n) is 2.01. The highest BCUT2D eigenvalue weighted by atomic mass is 79.9. The predicted octanol–water partition coefficient (Wildman–Crippen LogP) is 1.26. The number of rotatable bonds is 2. The first kappa shape index (κ1) is 12.8. The first-order valence-electron chi connectivity index (χ1n) is 5.95. The van der Waals surface area contributed by atoms with Crippen molar-refractivity contribution in [3.05, 3.63) is 43.6 Å². The lowest BCUT2D eigenvalue weighted by Gasteiger charge is -2.00. The topological polar surface area (TPSA) is 96.4 Å². The quantitative estimate of drug-likeness (QED) is 0.736. The average Bonchev–Trinajstić information content (AvgIpc) is 2.85. The summed E-state index contributed by atoms with van der Waals surface area (Å²) in [5.74, 6) is 0.436. The fraction of sp³-hybridized carbons (Fsp3) is 0.167. The third-order valence-electron chi connectivity index (χ3n) is 2.93. The summed E-state index contributed by atoms with van der Waals surface area (Å²) in [5, 5.41) is 0. The van der Waals surface area contributed by atoms with Crippen molar-refractivity contribution in [1.82, 2.24) is 24.5 Å². The molecule has 3 rings (SSSR count). The maximum absolute atomic E-state index is 11.8. The van der Waals surface area contributed by atoms with Crippen molar-refractivity contribution >= 4 is 27.1 Å². The van der Waals surface area contributed by atoms with E-state index < -0.39 is 11.2 Å². The minimum atomic E-state index is -0.486. The van der Waals surface area contributed by atoms with E-state index in [0.29, 0.717) is 23.7 Å². The fourth-order valence-corrected chi connectivity index (χ4v) is 2.45. The Morgan fingerprint density at radius 1 is 1.35 bits per heavy atom. The largest absolute Gasteiger partial charge is 0.331 e. The van der Waals surface area contributed by atoms with Gasteiger partial charge in [0.05, 0.1) is 0 Å². The van der Waals surface area contributed by atoms with Crippen LogP contribution in [0.2, 0.25) is 0 Å². The van der Waals surface area contributed by atoms with Crippen LogP contribution in [0.15, 0.2) is 32.4 Å². The van der Waals surface area contributed by atoms with Crippen LogP contribution in [0.25, 0.3) is 22.7 Å². The Hall–Kier alpha value is -2.22. The molecule has 0 amide bonds. The molecule has 7 nitrogen and oxygen atoms in total. The van der Waals surface area contributed by atoms with Gasteiger partial charge in [-0.1, -0.05) is 0 Å². The van der Waals surface area contributed by atoms with E-state index in [9.17, 15) is 9.59 Å². The van der Waals surface area contributed by atoms with E-state index in [1.165, 1.54) is 4.57 Å². The average molecular weight is 336 g/mol. The Bertz CT molecular complexity index is 908. The maximum Gasteiger partial charge on any atom is 0.330 e. The van der Waals surface area contributed by atoms with E-state index in [0.717, 1.165) is 4.47 Å². The molecule has 0 saturated heterocycles. The molecule has 3 aromatic heterocycles. The van der Waals surface area contributed by atoms with Gasteiger partial charge in [0, 0.05) is 17.2 Å². The van der Waals surface area contributed by atoms with Crippen LogP contribution in [0.1, 0.15) is 6.92 Å². The molecule has 2 N–H and O–H groups in total. The molecule has 20 heavy (non-hydrogen) atoms. The van der Waals surface area contributed by atoms with E-state index in [2.05, 4.69) is 35.9 Å². The summed E-state index contributed by atoms with van der Waals surface area (Å²) in [4.78, 5) is 37.3. The van der Waals surface area contributed by atoms with Crippen LogP contribution in [0, 0.1) is 0 Å². The van der Waals surface area contributed by atoms with Gasteiger partial charge in [0.1, 0.15) is 11.2 Å². The molecule has 8 heteroatoms. The minimum absolute atomic E-state index is 0.263. The van der Waals surface area contributed by atoms with Crippen molar-refractivity contribution in [2.45, 2.75) is 13.5 Å². The normalized spacial score (nSPS) is 11.1. The molecule has 0 atom stereocenters. The summed E-state index contributed by atoms with van der Waals surface area (Å²) in [6.07, 6.45) is 1.63. The van der Waals surface area contributed by atoms with E-state index in [-0.39, 0.29) is 5.52 Å². The van der Waals surface area contributed by atoms with E-state index in [4.69, 9.17) is 0 Å². The Morgan fingerprint density at radius 3 is 2.85 bits per heavy atom. The molecule has 0 aliphatic rings. The van der Waals surface area contributed by atoms with Gasteiger partial charge in [0.15, 0.2) is 11.5 Å². The van der Waals surface area contributed by atoms with Gasteiger partial charge in [-0.15, -0.1) is 0 Å². The number of H-pyrrole nitrogens is 2. The number of fused-ring (bicyclic) bond motifs is 1. The summed E-state index contributed by atoms with van der Waals surface area (Å²) < 4.78 is 2.15. The van der Waals surface area contributed by atoms with Crippen molar-refractivity contribution in [1.29, 1.82) is 0 Å². The smallest absolute Gasteiger partial charge is 0.330 e. The van der Waals surface area contributed by atoms with Crippen LogP contribution in [0.5, 0.6) is 0 Å². The Kier molecular flexibility index (Phi) is 3.01. The number of hydrogen-bond donors (Lipinski definition) is 2. The maximum atomic E-state index is 11.8. The highest BCUT2D eigenvalue weighted by Gasteiger charge is 2.15. The van der Waals surface area contributed by atoms with Gasteiger partial charge in [-0.3, -0.25) is 19.3 Å². The summed E-state index contributed by atoms with van der Waals surface area (Å²) in [5.41, 5.74) is 0.217. The van der Waals surface area contributed by atoms with Crippen LogP contribution >= 0.6 is 15.9 Å². The summed E-state index contributed by atoms with van der Waals surface area (Å²) in [7, 11) is 0. The number of nitrogens with zero attached hydrogens (tertiary/aromatic N) is 3. The molecule has 3 heterocycles. The monoisotopic (exact) mass is 335 g/mol. The number of pyridine rings is 1. The highest BCUT2D eigenvalue weighted by molar-refractivity contribution is 9.10.